The molecule has 15 heavy (non-hydrogen) atoms. The number of nitrogens with zero attached hydrogens (tertiary/aromatic N) is 1. The number of hydrogen-bond donors (Lipinski definition) is 2. The van der Waals surface area contributed by atoms with Crippen LogP contribution in [0.2, 0.25) is 0 Å². The number of ether oxygens (including phenoxy) is 1. The lowest BCUT2D eigenvalue weighted by Crippen LogP contribution is -2.41. The summed E-state index contributed by atoms with van der Waals surface area (Å²) in [6, 6.07) is 6.97. The quantitative estimate of drug-likeness (QED) is 0.683. The van der Waals surface area contributed by atoms with Crippen molar-refractivity contribution in [3.63, 3.8) is 0 Å². The summed E-state index contributed by atoms with van der Waals surface area (Å²) in [5.41, 5.74) is 6.38. The Morgan fingerprint density at radius 1 is 1.67 bits per heavy atom. The number of hydrogen-bond acceptors (Lipinski definition) is 4. The predicted octanol–water partition coefficient (Wildman–Crippen LogP) is 0.216. The van der Waals surface area contributed by atoms with Crippen LogP contribution in [0.3, 0.4) is 0 Å². The molecule has 1 heterocycles. The zero-order chi connectivity index (χ0) is 10.8. The van der Waals surface area contributed by atoms with Gasteiger partial charge in [0, 0.05) is 0 Å². The van der Waals surface area contributed by atoms with Crippen LogP contribution in [0.4, 0.5) is 5.69 Å². The molecule has 1 atom stereocenters. The molecule has 3 N–H and O–H groups in total. The molecular weight excluding hydrogens is 194 g/mol. The van der Waals surface area contributed by atoms with Crippen LogP contribution in [-0.4, -0.2) is 18.6 Å². The molecule has 0 fully saturated rings. The summed E-state index contributed by atoms with van der Waals surface area (Å²) < 4.78 is 5.35. The largest absolute Gasteiger partial charge is 0.477 e. The zero-order valence-electron chi connectivity index (χ0n) is 7.86. The zero-order valence-corrected chi connectivity index (χ0v) is 7.86. The van der Waals surface area contributed by atoms with E-state index >= 15 is 0 Å². The monoisotopic (exact) mass is 203 g/mol. The fraction of sp³-hybridized carbons (Fsp3) is 0.200. The number of carbonyl (C=O) groups is 1. The Morgan fingerprint density at radius 3 is 3.13 bits per heavy atom. The SMILES string of the molecule is N#Cc1ccc2c(c1)NCC(C(N)=O)O2. The van der Waals surface area contributed by atoms with Crippen molar-refractivity contribution < 1.29 is 9.53 Å². The van der Waals surface area contributed by atoms with E-state index < -0.39 is 12.0 Å². The van der Waals surface area contributed by atoms with Crippen molar-refractivity contribution in [2.24, 2.45) is 5.73 Å². The Hall–Kier alpha value is -2.22. The molecule has 76 valence electrons. The van der Waals surface area contributed by atoms with Crippen LogP contribution in [0.5, 0.6) is 5.75 Å². The van der Waals surface area contributed by atoms with Gasteiger partial charge in [0.2, 0.25) is 0 Å². The number of rotatable bonds is 1. The van der Waals surface area contributed by atoms with Gasteiger partial charge in [-0.1, -0.05) is 0 Å². The molecule has 0 bridgehead atoms. The molecule has 1 aromatic carbocycles. The second kappa shape index (κ2) is 3.50. The molecule has 1 unspecified atom stereocenters. The molecule has 5 heteroatoms. The molecule has 5 nitrogen and oxygen atoms in total. The highest BCUT2D eigenvalue weighted by Crippen LogP contribution is 2.29. The van der Waals surface area contributed by atoms with Crippen LogP contribution >= 0.6 is 0 Å². The summed E-state index contributed by atoms with van der Waals surface area (Å²) in [6.45, 7) is 0.331. The normalized spacial score (nSPS) is 17.9. The standard InChI is InChI=1S/C10H9N3O2/c11-4-6-1-2-8-7(3-6)13-5-9(15-8)10(12)14/h1-3,9,13H,5H2,(H2,12,14). The Balaban J connectivity index is 2.29. The van der Waals surface area contributed by atoms with Gasteiger partial charge in [-0.25, -0.2) is 0 Å². The maximum Gasteiger partial charge on any atom is 0.260 e. The third kappa shape index (κ3) is 1.70. The Morgan fingerprint density at radius 2 is 2.47 bits per heavy atom. The number of fused-ring (bicyclic) bond motifs is 1. The minimum Gasteiger partial charge on any atom is -0.477 e. The van der Waals surface area contributed by atoms with Crippen LogP contribution in [0.25, 0.3) is 0 Å². The maximum atomic E-state index is 10.9. The number of primary amides is 1. The van der Waals surface area contributed by atoms with Crippen molar-refractivity contribution >= 4 is 11.6 Å². The van der Waals surface area contributed by atoms with Gasteiger partial charge in [0.15, 0.2) is 6.10 Å². The first-order chi connectivity index (χ1) is 7.20. The van der Waals surface area contributed by atoms with E-state index in [2.05, 4.69) is 5.32 Å². The Bertz CT molecular complexity index is 450. The number of nitriles is 1. The van der Waals surface area contributed by atoms with Crippen molar-refractivity contribution in [2.75, 3.05) is 11.9 Å². The summed E-state index contributed by atoms with van der Waals surface area (Å²) in [5.74, 6) is 0.0431. The number of carbonyl (C=O) groups excluding carboxylic acids is 1. The van der Waals surface area contributed by atoms with Gasteiger partial charge in [-0.3, -0.25) is 4.79 Å². The number of amides is 1. The van der Waals surface area contributed by atoms with Crippen molar-refractivity contribution in [2.45, 2.75) is 6.10 Å². The van der Waals surface area contributed by atoms with E-state index in [1.165, 1.54) is 0 Å². The first-order valence-corrected chi connectivity index (χ1v) is 4.44. The minimum absolute atomic E-state index is 0.331. The van der Waals surface area contributed by atoms with E-state index in [4.69, 9.17) is 15.7 Å². The molecular formula is C10H9N3O2. The number of benzene rings is 1. The Kier molecular flexibility index (Phi) is 2.18. The number of nitrogens with one attached hydrogen (secondary N) is 1. The van der Waals surface area contributed by atoms with Crippen LogP contribution < -0.4 is 15.8 Å². The van der Waals surface area contributed by atoms with Gasteiger partial charge in [0.05, 0.1) is 23.9 Å². The summed E-state index contributed by atoms with van der Waals surface area (Å²) in [7, 11) is 0. The molecule has 1 aliphatic heterocycles. The van der Waals surface area contributed by atoms with Gasteiger partial charge < -0.3 is 15.8 Å². The van der Waals surface area contributed by atoms with E-state index in [0.717, 1.165) is 0 Å². The van der Waals surface area contributed by atoms with Gasteiger partial charge in [0.25, 0.3) is 5.91 Å². The number of nitrogens with two attached hydrogens (primary N) is 1. The topological polar surface area (TPSA) is 88.1 Å². The fourth-order valence-electron chi connectivity index (χ4n) is 1.40. The summed E-state index contributed by atoms with van der Waals surface area (Å²) in [5, 5.41) is 11.7. The first kappa shape index (κ1) is 9.34. The van der Waals surface area contributed by atoms with Crippen LogP contribution in [0, 0.1) is 11.3 Å². The maximum absolute atomic E-state index is 10.9. The smallest absolute Gasteiger partial charge is 0.260 e. The van der Waals surface area contributed by atoms with Gasteiger partial charge in [0.1, 0.15) is 5.75 Å². The van der Waals surface area contributed by atoms with Gasteiger partial charge in [-0.05, 0) is 18.2 Å². The van der Waals surface area contributed by atoms with E-state index in [9.17, 15) is 4.79 Å². The molecule has 0 spiro atoms. The third-order valence-corrected chi connectivity index (χ3v) is 2.17. The molecule has 1 aliphatic rings. The molecule has 0 saturated carbocycles. The third-order valence-electron chi connectivity index (χ3n) is 2.17. The second-order valence-electron chi connectivity index (χ2n) is 3.21. The van der Waals surface area contributed by atoms with Crippen LogP contribution in [0.1, 0.15) is 5.56 Å². The van der Waals surface area contributed by atoms with Crippen molar-refractivity contribution in [3.05, 3.63) is 23.8 Å². The lowest BCUT2D eigenvalue weighted by Gasteiger charge is -2.25. The van der Waals surface area contributed by atoms with Crippen molar-refractivity contribution in [1.82, 2.24) is 0 Å². The highest BCUT2D eigenvalue weighted by Gasteiger charge is 2.23. The summed E-state index contributed by atoms with van der Waals surface area (Å²) in [6.07, 6.45) is -0.648. The highest BCUT2D eigenvalue weighted by atomic mass is 16.5. The van der Waals surface area contributed by atoms with Crippen molar-refractivity contribution in [3.8, 4) is 11.8 Å². The van der Waals surface area contributed by atoms with E-state index in [0.29, 0.717) is 23.5 Å². The second-order valence-corrected chi connectivity index (χ2v) is 3.21. The fourth-order valence-corrected chi connectivity index (χ4v) is 1.40. The first-order valence-electron chi connectivity index (χ1n) is 4.44. The van der Waals surface area contributed by atoms with Gasteiger partial charge in [-0.15, -0.1) is 0 Å². The lowest BCUT2D eigenvalue weighted by molar-refractivity contribution is -0.124. The number of anilines is 1. The van der Waals surface area contributed by atoms with Gasteiger partial charge in [-0.2, -0.15) is 5.26 Å². The molecule has 0 aliphatic carbocycles. The van der Waals surface area contributed by atoms with E-state index in [-0.39, 0.29) is 0 Å². The minimum atomic E-state index is -0.648. The summed E-state index contributed by atoms with van der Waals surface area (Å²) in [4.78, 5) is 10.9. The molecule has 0 aromatic heterocycles. The van der Waals surface area contributed by atoms with E-state index in [1.807, 2.05) is 6.07 Å². The summed E-state index contributed by atoms with van der Waals surface area (Å²) >= 11 is 0. The molecule has 0 saturated heterocycles. The molecule has 0 radical (unpaired) electrons. The van der Waals surface area contributed by atoms with Crippen molar-refractivity contribution in [1.29, 1.82) is 5.26 Å². The Labute approximate surface area is 86.4 Å². The highest BCUT2D eigenvalue weighted by molar-refractivity contribution is 5.81. The van der Waals surface area contributed by atoms with E-state index in [1.54, 1.807) is 18.2 Å². The molecule has 1 aromatic rings. The molecule has 2 rings (SSSR count). The molecule has 1 amide bonds. The van der Waals surface area contributed by atoms with Gasteiger partial charge >= 0.3 is 0 Å². The predicted molar refractivity (Wildman–Crippen MR) is 53.3 cm³/mol. The lowest BCUT2D eigenvalue weighted by atomic mass is 10.1. The van der Waals surface area contributed by atoms with Crippen LogP contribution in [0.15, 0.2) is 18.2 Å². The van der Waals surface area contributed by atoms with Crippen LogP contribution in [-0.2, 0) is 4.79 Å². The average Bonchev–Trinajstić information content (AvgIpc) is 2.27. The average molecular weight is 203 g/mol.